The molecule has 1 nitrogen and oxygen atoms in total. The van der Waals surface area contributed by atoms with Crippen LogP contribution in [0.3, 0.4) is 0 Å². The molecule has 0 radical (unpaired) electrons. The zero-order valence-electron chi connectivity index (χ0n) is 6.93. The van der Waals surface area contributed by atoms with Crippen LogP contribution >= 0.6 is 7.14 Å². The minimum absolute atomic E-state index is 1.64. The van der Waals surface area contributed by atoms with Gasteiger partial charge in [0.25, 0.3) is 0 Å². The summed E-state index contributed by atoms with van der Waals surface area (Å²) >= 11 is 0. The van der Waals surface area contributed by atoms with Gasteiger partial charge in [0.05, 0.1) is 7.14 Å². The lowest BCUT2D eigenvalue weighted by molar-refractivity contribution is 0.586. The summed E-state index contributed by atoms with van der Waals surface area (Å²) in [6, 6.07) is 0. The lowest BCUT2D eigenvalue weighted by atomic mass is 10.6. The summed E-state index contributed by atoms with van der Waals surface area (Å²) in [5.41, 5.74) is 0. The van der Waals surface area contributed by atoms with Crippen LogP contribution in [0, 0.1) is 24.2 Å². The van der Waals surface area contributed by atoms with E-state index in [4.69, 9.17) is 6.42 Å². The van der Waals surface area contributed by atoms with Gasteiger partial charge < -0.3 is 4.57 Å². The fraction of sp³-hybridized carbons (Fsp3) is 0.500. The molecule has 0 aliphatic rings. The van der Waals surface area contributed by atoms with Gasteiger partial charge in [-0.1, -0.05) is 5.92 Å². The van der Waals surface area contributed by atoms with E-state index in [1.54, 1.807) is 26.9 Å². The van der Waals surface area contributed by atoms with Gasteiger partial charge in [-0.15, -0.1) is 6.42 Å². The molecule has 0 unspecified atom stereocenters. The first kappa shape index (κ1) is 12.1. The van der Waals surface area contributed by atoms with Crippen molar-refractivity contribution in [3.8, 4) is 24.2 Å². The summed E-state index contributed by atoms with van der Waals surface area (Å²) in [6.07, 6.45) is 4.72. The van der Waals surface area contributed by atoms with Crippen molar-refractivity contribution in [1.82, 2.24) is 0 Å². The highest BCUT2D eigenvalue weighted by Crippen LogP contribution is 2.28. The van der Waals surface area contributed by atoms with Crippen LogP contribution in [0.4, 0.5) is 0 Å². The maximum Gasteiger partial charge on any atom is 0.0790 e. The van der Waals surface area contributed by atoms with Crippen molar-refractivity contribution in [2.45, 2.75) is 6.92 Å². The Balaban J connectivity index is 0. The van der Waals surface area contributed by atoms with Crippen LogP contribution < -0.4 is 0 Å². The fourth-order valence-electron chi connectivity index (χ4n) is 0.0722. The Kier molecular flexibility index (Phi) is 7.81. The molecule has 0 aliphatic carbocycles. The maximum absolute atomic E-state index is 10.2. The first-order valence-electron chi connectivity index (χ1n) is 2.81. The monoisotopic (exact) mass is 156 g/mol. The number of hydrogen-bond donors (Lipinski definition) is 0. The van der Waals surface area contributed by atoms with Crippen LogP contribution in [0.5, 0.6) is 0 Å². The van der Waals surface area contributed by atoms with E-state index in [2.05, 4.69) is 17.8 Å². The molecular weight excluding hydrogens is 143 g/mol. The summed E-state index contributed by atoms with van der Waals surface area (Å²) in [5, 5.41) is 0. The van der Waals surface area contributed by atoms with E-state index in [0.29, 0.717) is 0 Å². The van der Waals surface area contributed by atoms with Crippen LogP contribution in [-0.4, -0.2) is 20.0 Å². The fourth-order valence-corrected chi connectivity index (χ4v) is 0.0722. The molecule has 0 aromatic rings. The van der Waals surface area contributed by atoms with E-state index < -0.39 is 7.14 Å². The average molecular weight is 156 g/mol. The molecule has 10 heavy (non-hydrogen) atoms. The van der Waals surface area contributed by atoms with Crippen molar-refractivity contribution in [3.63, 3.8) is 0 Å². The minimum atomic E-state index is -1.64. The molecule has 0 saturated heterocycles. The number of terminal acetylenes is 1. The second-order valence-corrected chi connectivity index (χ2v) is 6.19. The second-order valence-electron chi connectivity index (χ2n) is 2.41. The molecule has 0 bridgehead atoms. The Morgan fingerprint density at radius 1 is 1.30 bits per heavy atom. The van der Waals surface area contributed by atoms with Crippen molar-refractivity contribution < 1.29 is 4.57 Å². The molecule has 2 heteroatoms. The van der Waals surface area contributed by atoms with E-state index in [1.165, 1.54) is 0 Å². The summed E-state index contributed by atoms with van der Waals surface area (Å²) in [7, 11) is -1.64. The van der Waals surface area contributed by atoms with Gasteiger partial charge in [0.2, 0.25) is 0 Å². The van der Waals surface area contributed by atoms with Crippen LogP contribution in [0.25, 0.3) is 0 Å². The van der Waals surface area contributed by atoms with Crippen molar-refractivity contribution >= 4 is 7.14 Å². The lowest BCUT2D eigenvalue weighted by Gasteiger charge is -1.86. The molecule has 0 aromatic carbocycles. The predicted molar refractivity (Wildman–Crippen MR) is 47.7 cm³/mol. The molecule has 0 fully saturated rings. The number of hydrogen-bond acceptors (Lipinski definition) is 1. The molecule has 0 atom stereocenters. The SMILES string of the molecule is C#CC#CC.CP(C)(C)=O. The molecule has 0 amide bonds. The summed E-state index contributed by atoms with van der Waals surface area (Å²) < 4.78 is 10.2. The predicted octanol–water partition coefficient (Wildman–Crippen LogP) is 1.88. The topological polar surface area (TPSA) is 17.1 Å². The standard InChI is InChI=1S/C5H4.C3H9OP/c1-3-5-4-2;1-5(2,3)4/h1H,2H3;1-3H3. The van der Waals surface area contributed by atoms with Gasteiger partial charge in [0, 0.05) is 0 Å². The molecule has 0 aliphatic heterocycles. The van der Waals surface area contributed by atoms with E-state index in [-0.39, 0.29) is 0 Å². The second kappa shape index (κ2) is 6.47. The van der Waals surface area contributed by atoms with Gasteiger partial charge in [-0.3, -0.25) is 0 Å². The van der Waals surface area contributed by atoms with Crippen LogP contribution in [-0.2, 0) is 4.57 Å². The Morgan fingerprint density at radius 3 is 1.60 bits per heavy atom. The van der Waals surface area contributed by atoms with Gasteiger partial charge in [0.15, 0.2) is 0 Å². The Labute approximate surface area is 63.6 Å². The zero-order valence-corrected chi connectivity index (χ0v) is 7.83. The van der Waals surface area contributed by atoms with Crippen molar-refractivity contribution in [1.29, 1.82) is 0 Å². The summed E-state index contributed by atoms with van der Waals surface area (Å²) in [5.74, 6) is 7.08. The largest absolute Gasteiger partial charge is 0.324 e. The molecule has 0 aromatic heterocycles. The highest BCUT2D eigenvalue weighted by molar-refractivity contribution is 7.61. The van der Waals surface area contributed by atoms with Gasteiger partial charge in [-0.25, -0.2) is 0 Å². The molecule has 0 spiro atoms. The maximum atomic E-state index is 10.2. The van der Waals surface area contributed by atoms with Crippen molar-refractivity contribution in [3.05, 3.63) is 0 Å². The lowest BCUT2D eigenvalue weighted by Crippen LogP contribution is -1.61. The Morgan fingerprint density at radius 2 is 1.60 bits per heavy atom. The highest BCUT2D eigenvalue weighted by atomic mass is 31.2. The van der Waals surface area contributed by atoms with Crippen molar-refractivity contribution in [2.75, 3.05) is 20.0 Å². The molecule has 56 valence electrons. The van der Waals surface area contributed by atoms with E-state index >= 15 is 0 Å². The smallest absolute Gasteiger partial charge is 0.0790 e. The highest BCUT2D eigenvalue weighted by Gasteiger charge is 1.89. The zero-order chi connectivity index (χ0) is 8.62. The Hall–Kier alpha value is -0.650. The number of rotatable bonds is 0. The normalized spacial score (nSPS) is 7.50. The van der Waals surface area contributed by atoms with Gasteiger partial charge in [0.1, 0.15) is 0 Å². The minimum Gasteiger partial charge on any atom is -0.324 e. The summed E-state index contributed by atoms with van der Waals surface area (Å²) in [4.78, 5) is 0. The van der Waals surface area contributed by atoms with Crippen LogP contribution in [0.1, 0.15) is 6.92 Å². The van der Waals surface area contributed by atoms with Gasteiger partial charge >= 0.3 is 0 Å². The Bertz CT molecular complexity index is 197. The van der Waals surface area contributed by atoms with E-state index in [1.807, 2.05) is 0 Å². The van der Waals surface area contributed by atoms with E-state index in [0.717, 1.165) is 0 Å². The molecule has 0 saturated carbocycles. The average Bonchev–Trinajstić information content (AvgIpc) is 1.63. The quantitative estimate of drug-likeness (QED) is 0.386. The van der Waals surface area contributed by atoms with Crippen LogP contribution in [0.2, 0.25) is 0 Å². The third-order valence-electron chi connectivity index (χ3n) is 0.197. The van der Waals surface area contributed by atoms with Crippen LogP contribution in [0.15, 0.2) is 0 Å². The molecule has 0 N–H and O–H groups in total. The molecule has 0 heterocycles. The third kappa shape index (κ3) is 163. The third-order valence-corrected chi connectivity index (χ3v) is 0.197. The van der Waals surface area contributed by atoms with E-state index in [9.17, 15) is 4.57 Å². The summed E-state index contributed by atoms with van der Waals surface area (Å²) in [6.45, 7) is 6.94. The molecule has 0 rings (SSSR count). The first-order valence-corrected chi connectivity index (χ1v) is 5.86. The molecular formula is C8H13OP. The van der Waals surface area contributed by atoms with Crippen molar-refractivity contribution in [2.24, 2.45) is 0 Å². The first-order chi connectivity index (χ1) is 4.41. The van der Waals surface area contributed by atoms with Gasteiger partial charge in [-0.05, 0) is 38.8 Å². The van der Waals surface area contributed by atoms with Gasteiger partial charge in [-0.2, -0.15) is 0 Å².